The average Bonchev–Trinajstić information content (AvgIpc) is 3.67. The molecular formula is C27H27F3N2O3S. The van der Waals surface area contributed by atoms with E-state index in [-0.39, 0.29) is 46.4 Å². The number of benzene rings is 2. The molecule has 0 radical (unpaired) electrons. The number of aromatic nitrogens is 2. The zero-order valence-corrected chi connectivity index (χ0v) is 21.0. The van der Waals surface area contributed by atoms with Crippen LogP contribution < -0.4 is 10.3 Å². The van der Waals surface area contributed by atoms with Gasteiger partial charge in [-0.15, -0.1) is 0 Å². The number of Topliss-reactive ketones (excluding diaryl/α,β-unsaturated/α-hetero) is 1. The van der Waals surface area contributed by atoms with E-state index in [1.807, 2.05) is 38.1 Å². The molecule has 0 amide bonds. The molecule has 1 fully saturated rings. The van der Waals surface area contributed by atoms with Crippen LogP contribution in [-0.2, 0) is 5.41 Å². The van der Waals surface area contributed by atoms with E-state index in [0.29, 0.717) is 11.6 Å². The van der Waals surface area contributed by atoms with Gasteiger partial charge in [0.2, 0.25) is 0 Å². The van der Waals surface area contributed by atoms with Crippen LogP contribution in [0.4, 0.5) is 13.2 Å². The molecule has 1 aromatic heterocycles. The summed E-state index contributed by atoms with van der Waals surface area (Å²) in [6, 6.07) is 14.8. The van der Waals surface area contributed by atoms with E-state index >= 15 is 0 Å². The number of nitrogens with zero attached hydrogens (tertiary/aromatic N) is 1. The van der Waals surface area contributed by atoms with Gasteiger partial charge < -0.3 is 9.72 Å². The normalized spacial score (nSPS) is 14.9. The topological polar surface area (TPSA) is 72.0 Å². The molecule has 190 valence electrons. The molecule has 0 saturated heterocycles. The Morgan fingerprint density at radius 3 is 2.31 bits per heavy atom. The second-order valence-electron chi connectivity index (χ2n) is 9.52. The third kappa shape index (κ3) is 6.19. The highest BCUT2D eigenvalue weighted by atomic mass is 32.2. The first kappa shape index (κ1) is 26.0. The van der Waals surface area contributed by atoms with Gasteiger partial charge in [-0.2, -0.15) is 13.2 Å². The maximum atomic E-state index is 13.3. The van der Waals surface area contributed by atoms with Crippen LogP contribution in [0.5, 0.6) is 5.75 Å². The molecule has 5 nitrogen and oxygen atoms in total. The first-order chi connectivity index (χ1) is 17.0. The molecule has 9 heteroatoms. The Labute approximate surface area is 211 Å². The van der Waals surface area contributed by atoms with Gasteiger partial charge >= 0.3 is 5.51 Å². The van der Waals surface area contributed by atoms with Crippen molar-refractivity contribution in [3.8, 4) is 5.75 Å². The van der Waals surface area contributed by atoms with E-state index < -0.39 is 16.5 Å². The number of methoxy groups -OCH3 is 1. The summed E-state index contributed by atoms with van der Waals surface area (Å²) in [5, 5.41) is 0. The average molecular weight is 517 g/mol. The molecule has 1 aliphatic carbocycles. The molecule has 1 N–H and O–H groups in total. The lowest BCUT2D eigenvalue weighted by molar-refractivity contribution is -0.0328. The summed E-state index contributed by atoms with van der Waals surface area (Å²) in [5.74, 6) is 0.962. The number of hydrogen-bond acceptors (Lipinski definition) is 5. The summed E-state index contributed by atoms with van der Waals surface area (Å²) in [6.45, 7) is 3.82. The van der Waals surface area contributed by atoms with Crippen molar-refractivity contribution in [3.05, 3.63) is 87.6 Å². The highest BCUT2D eigenvalue weighted by molar-refractivity contribution is 8.00. The number of carbonyl (C=O) groups is 1. The van der Waals surface area contributed by atoms with Crippen LogP contribution in [0.2, 0.25) is 0 Å². The van der Waals surface area contributed by atoms with Crippen LogP contribution in [0.1, 0.15) is 66.5 Å². The second-order valence-corrected chi connectivity index (χ2v) is 10.7. The molecule has 1 saturated carbocycles. The van der Waals surface area contributed by atoms with Crippen molar-refractivity contribution >= 4 is 17.5 Å². The fourth-order valence-electron chi connectivity index (χ4n) is 4.32. The van der Waals surface area contributed by atoms with E-state index in [1.54, 1.807) is 19.2 Å². The molecule has 1 heterocycles. The Kier molecular flexibility index (Phi) is 7.31. The van der Waals surface area contributed by atoms with Crippen LogP contribution in [0.3, 0.4) is 0 Å². The molecule has 0 aliphatic heterocycles. The van der Waals surface area contributed by atoms with Crippen LogP contribution in [0, 0.1) is 5.92 Å². The monoisotopic (exact) mass is 516 g/mol. The predicted molar refractivity (Wildman–Crippen MR) is 133 cm³/mol. The zero-order chi connectivity index (χ0) is 26.1. The summed E-state index contributed by atoms with van der Waals surface area (Å²) in [6.07, 6.45) is 2.04. The lowest BCUT2D eigenvalue weighted by Gasteiger charge is -2.25. The van der Waals surface area contributed by atoms with Gasteiger partial charge in [-0.05, 0) is 85.7 Å². The Hall–Kier alpha value is -3.07. The van der Waals surface area contributed by atoms with Gasteiger partial charge in [-0.1, -0.05) is 24.3 Å². The number of ether oxygens (including phenoxy) is 1. The summed E-state index contributed by atoms with van der Waals surface area (Å²) in [4.78, 5) is 33.2. The number of ketones is 1. The predicted octanol–water partition coefficient (Wildman–Crippen LogP) is 6.48. The fourth-order valence-corrected chi connectivity index (χ4v) is 4.86. The van der Waals surface area contributed by atoms with E-state index in [0.717, 1.165) is 24.0 Å². The number of nitrogens with one attached hydrogen (secondary N) is 1. The Morgan fingerprint density at radius 2 is 1.75 bits per heavy atom. The summed E-state index contributed by atoms with van der Waals surface area (Å²) in [5.41, 5.74) is -3.64. The number of rotatable bonds is 9. The SMILES string of the molecule is COc1ccc(C(C)(C)c2nc(C(=O)C[C@@H](c3ccc(SC(F)(F)F)cc3)C3CC3)cc(=O)[nH]2)cc1. The van der Waals surface area contributed by atoms with Crippen molar-refractivity contribution in [1.29, 1.82) is 0 Å². The molecule has 0 bridgehead atoms. The van der Waals surface area contributed by atoms with E-state index in [1.165, 1.54) is 18.2 Å². The number of alkyl halides is 3. The van der Waals surface area contributed by atoms with E-state index in [2.05, 4.69) is 9.97 Å². The van der Waals surface area contributed by atoms with Gasteiger partial charge in [0.25, 0.3) is 5.56 Å². The fraction of sp³-hybridized carbons (Fsp3) is 0.370. The highest BCUT2D eigenvalue weighted by Gasteiger charge is 2.35. The molecule has 3 aromatic rings. The van der Waals surface area contributed by atoms with Crippen LogP contribution in [0.15, 0.2) is 64.3 Å². The third-order valence-electron chi connectivity index (χ3n) is 6.57. The number of thioether (sulfide) groups is 1. The highest BCUT2D eigenvalue weighted by Crippen LogP contribution is 2.46. The summed E-state index contributed by atoms with van der Waals surface area (Å²) in [7, 11) is 1.58. The Bertz CT molecular complexity index is 1280. The minimum atomic E-state index is -4.35. The van der Waals surface area contributed by atoms with Gasteiger partial charge in [0, 0.05) is 22.8 Å². The molecule has 0 spiro atoms. The largest absolute Gasteiger partial charge is 0.497 e. The summed E-state index contributed by atoms with van der Waals surface area (Å²) >= 11 is -0.161. The first-order valence-corrected chi connectivity index (χ1v) is 12.4. The van der Waals surface area contributed by atoms with Gasteiger partial charge in [0.05, 0.1) is 7.11 Å². The van der Waals surface area contributed by atoms with Crippen LogP contribution in [0.25, 0.3) is 0 Å². The quantitative estimate of drug-likeness (QED) is 0.260. The smallest absolute Gasteiger partial charge is 0.446 e. The lowest BCUT2D eigenvalue weighted by Crippen LogP contribution is -2.28. The molecule has 36 heavy (non-hydrogen) atoms. The third-order valence-corrected chi connectivity index (χ3v) is 7.31. The molecular weight excluding hydrogens is 489 g/mol. The lowest BCUT2D eigenvalue weighted by atomic mass is 9.83. The number of H-pyrrole nitrogens is 1. The van der Waals surface area contributed by atoms with Crippen molar-refractivity contribution < 1.29 is 22.7 Å². The van der Waals surface area contributed by atoms with Crippen molar-refractivity contribution in [2.45, 2.75) is 54.8 Å². The first-order valence-electron chi connectivity index (χ1n) is 11.6. The van der Waals surface area contributed by atoms with Crippen molar-refractivity contribution in [1.82, 2.24) is 9.97 Å². The van der Waals surface area contributed by atoms with E-state index in [4.69, 9.17) is 4.74 Å². The van der Waals surface area contributed by atoms with Crippen molar-refractivity contribution in [2.75, 3.05) is 7.11 Å². The van der Waals surface area contributed by atoms with Gasteiger partial charge in [-0.25, -0.2) is 4.98 Å². The Balaban J connectivity index is 1.57. The summed E-state index contributed by atoms with van der Waals surface area (Å²) < 4.78 is 43.2. The molecule has 2 aromatic carbocycles. The van der Waals surface area contributed by atoms with Crippen LogP contribution >= 0.6 is 11.8 Å². The van der Waals surface area contributed by atoms with Crippen LogP contribution in [-0.4, -0.2) is 28.4 Å². The molecule has 1 aliphatic rings. The second kappa shape index (κ2) is 10.1. The minimum absolute atomic E-state index is 0.0882. The minimum Gasteiger partial charge on any atom is -0.497 e. The Morgan fingerprint density at radius 1 is 1.11 bits per heavy atom. The number of aromatic amines is 1. The molecule has 0 unspecified atom stereocenters. The van der Waals surface area contributed by atoms with Gasteiger partial charge in [-0.3, -0.25) is 9.59 Å². The van der Waals surface area contributed by atoms with Crippen molar-refractivity contribution in [2.24, 2.45) is 5.92 Å². The maximum Gasteiger partial charge on any atom is 0.446 e. The molecule has 4 rings (SSSR count). The van der Waals surface area contributed by atoms with Gasteiger partial charge in [0.15, 0.2) is 5.78 Å². The number of hydrogen-bond donors (Lipinski definition) is 1. The standard InChI is InChI=1S/C27H27F3N2O3S/c1-26(2,18-8-10-19(35-3)11-9-18)25-31-22(15-24(34)32-25)23(33)14-21(16-4-5-16)17-6-12-20(13-7-17)36-27(28,29)30/h6-13,15-16,21H,4-5,14H2,1-3H3,(H,31,32,34)/t21-/m1/s1. The maximum absolute atomic E-state index is 13.3. The van der Waals surface area contributed by atoms with Crippen molar-refractivity contribution in [3.63, 3.8) is 0 Å². The van der Waals surface area contributed by atoms with Gasteiger partial charge in [0.1, 0.15) is 17.3 Å². The number of halogens is 3. The zero-order valence-electron chi connectivity index (χ0n) is 20.2. The molecule has 1 atom stereocenters. The number of carbonyl (C=O) groups excluding carboxylic acids is 1. The van der Waals surface area contributed by atoms with E-state index in [9.17, 15) is 22.8 Å².